The Hall–Kier alpha value is -2.23. The molecule has 0 saturated carbocycles. The van der Waals surface area contributed by atoms with Crippen LogP contribution in [-0.4, -0.2) is 15.9 Å². The molecule has 2 aromatic rings. The molecule has 0 unspecified atom stereocenters. The molecule has 0 fully saturated rings. The van der Waals surface area contributed by atoms with Crippen molar-refractivity contribution in [3.63, 3.8) is 0 Å². The predicted octanol–water partition coefficient (Wildman–Crippen LogP) is 1.25. The van der Waals surface area contributed by atoms with Gasteiger partial charge in [0.1, 0.15) is 0 Å². The van der Waals surface area contributed by atoms with Gasteiger partial charge in [-0.25, -0.2) is 0 Å². The second kappa shape index (κ2) is 5.02. The average molecular weight is 214 g/mol. The quantitative estimate of drug-likeness (QED) is 0.362. The zero-order valence-corrected chi connectivity index (χ0v) is 8.69. The molecule has 2 heterocycles. The third kappa shape index (κ3) is 2.42. The highest BCUT2D eigenvalue weighted by atomic mass is 16.4. The van der Waals surface area contributed by atoms with E-state index in [1.54, 1.807) is 6.20 Å². The maximum absolute atomic E-state index is 8.98. The van der Waals surface area contributed by atoms with E-state index < -0.39 is 0 Å². The number of hydrogen-bond acceptors (Lipinski definition) is 3. The Morgan fingerprint density at radius 1 is 1.19 bits per heavy atom. The molecule has 0 radical (unpaired) electrons. The minimum absolute atomic E-state index is 0.494. The Labute approximate surface area is 93.5 Å². The summed E-state index contributed by atoms with van der Waals surface area (Å²) in [4.78, 5) is 4.14. The third-order valence-corrected chi connectivity index (χ3v) is 2.19. The van der Waals surface area contributed by atoms with Gasteiger partial charge in [-0.05, 0) is 12.1 Å². The molecule has 0 aliphatic heterocycles. The van der Waals surface area contributed by atoms with Gasteiger partial charge in [0, 0.05) is 18.3 Å². The van der Waals surface area contributed by atoms with Gasteiger partial charge in [0.25, 0.3) is 0 Å². The standard InChI is InChI=1S/C12H11N3O/c16-14-12(11-6-2-3-7-13-11)10-15-8-4-1-5-9-15/h1-9H,10H2/p+1/b14-12+. The monoisotopic (exact) mass is 214 g/mol. The van der Waals surface area contributed by atoms with E-state index in [9.17, 15) is 0 Å². The first-order valence-electron chi connectivity index (χ1n) is 4.96. The van der Waals surface area contributed by atoms with E-state index in [2.05, 4.69) is 10.1 Å². The molecule has 16 heavy (non-hydrogen) atoms. The van der Waals surface area contributed by atoms with Gasteiger partial charge >= 0.3 is 0 Å². The molecule has 2 rings (SSSR count). The molecule has 0 aliphatic rings. The van der Waals surface area contributed by atoms with Crippen molar-refractivity contribution in [1.82, 2.24) is 4.98 Å². The van der Waals surface area contributed by atoms with Gasteiger partial charge in [-0.1, -0.05) is 17.3 Å². The largest absolute Gasteiger partial charge is 0.410 e. The highest BCUT2D eigenvalue weighted by molar-refractivity contribution is 5.97. The van der Waals surface area contributed by atoms with Crippen LogP contribution >= 0.6 is 0 Å². The van der Waals surface area contributed by atoms with Crippen LogP contribution in [0.25, 0.3) is 0 Å². The molecule has 80 valence electrons. The van der Waals surface area contributed by atoms with Crippen molar-refractivity contribution in [1.29, 1.82) is 0 Å². The molecule has 0 saturated heterocycles. The summed E-state index contributed by atoms with van der Waals surface area (Å²) in [6, 6.07) is 11.3. The smallest absolute Gasteiger partial charge is 0.196 e. The molecule has 2 aromatic heterocycles. The van der Waals surface area contributed by atoms with Gasteiger partial charge in [-0.15, -0.1) is 0 Å². The Balaban J connectivity index is 2.20. The van der Waals surface area contributed by atoms with Crippen LogP contribution in [0.3, 0.4) is 0 Å². The van der Waals surface area contributed by atoms with Gasteiger partial charge in [0.2, 0.25) is 0 Å². The SMILES string of the molecule is O/N=C(\C[n+]1ccccc1)c1ccccn1. The lowest BCUT2D eigenvalue weighted by Gasteiger charge is -1.99. The van der Waals surface area contributed by atoms with Crippen LogP contribution < -0.4 is 4.57 Å². The minimum atomic E-state index is 0.494. The Bertz CT molecular complexity index is 468. The molecule has 0 aliphatic carbocycles. The van der Waals surface area contributed by atoms with Crippen molar-refractivity contribution in [2.45, 2.75) is 6.54 Å². The van der Waals surface area contributed by atoms with Gasteiger partial charge < -0.3 is 5.21 Å². The Kier molecular flexibility index (Phi) is 3.23. The van der Waals surface area contributed by atoms with Crippen molar-refractivity contribution < 1.29 is 9.77 Å². The van der Waals surface area contributed by atoms with E-state index in [1.165, 1.54) is 0 Å². The van der Waals surface area contributed by atoms with Crippen molar-refractivity contribution in [3.05, 3.63) is 60.7 Å². The average Bonchev–Trinajstić information content (AvgIpc) is 2.38. The maximum atomic E-state index is 8.98. The summed E-state index contributed by atoms with van der Waals surface area (Å²) in [5, 5.41) is 12.3. The molecule has 4 nitrogen and oxygen atoms in total. The summed E-state index contributed by atoms with van der Waals surface area (Å²) in [5.41, 5.74) is 1.22. The van der Waals surface area contributed by atoms with Crippen LogP contribution in [0.15, 0.2) is 60.1 Å². The summed E-state index contributed by atoms with van der Waals surface area (Å²) in [6.45, 7) is 0.494. The summed E-state index contributed by atoms with van der Waals surface area (Å²) in [5.74, 6) is 0. The van der Waals surface area contributed by atoms with Crippen molar-refractivity contribution in [3.8, 4) is 0 Å². The second-order valence-corrected chi connectivity index (χ2v) is 3.31. The summed E-state index contributed by atoms with van der Waals surface area (Å²) in [7, 11) is 0. The number of hydrogen-bond donors (Lipinski definition) is 1. The number of nitrogens with zero attached hydrogens (tertiary/aromatic N) is 3. The first-order chi connectivity index (χ1) is 7.90. The fourth-order valence-corrected chi connectivity index (χ4v) is 1.41. The third-order valence-electron chi connectivity index (χ3n) is 2.19. The molecular weight excluding hydrogens is 202 g/mol. The van der Waals surface area contributed by atoms with Gasteiger partial charge in [0.05, 0.1) is 5.69 Å². The fraction of sp³-hybridized carbons (Fsp3) is 0.0833. The molecule has 4 heteroatoms. The summed E-state index contributed by atoms with van der Waals surface area (Å²) >= 11 is 0. The normalized spacial score (nSPS) is 11.4. The Morgan fingerprint density at radius 3 is 2.62 bits per heavy atom. The van der Waals surface area contributed by atoms with Crippen molar-refractivity contribution in [2.75, 3.05) is 0 Å². The van der Waals surface area contributed by atoms with Crippen molar-refractivity contribution >= 4 is 5.71 Å². The number of oxime groups is 1. The van der Waals surface area contributed by atoms with Crippen LogP contribution in [0.4, 0.5) is 0 Å². The van der Waals surface area contributed by atoms with Crippen LogP contribution in [-0.2, 0) is 6.54 Å². The van der Waals surface area contributed by atoms with E-state index in [4.69, 9.17) is 5.21 Å². The predicted molar refractivity (Wildman–Crippen MR) is 59.2 cm³/mol. The summed E-state index contributed by atoms with van der Waals surface area (Å²) < 4.78 is 1.92. The minimum Gasteiger partial charge on any atom is -0.410 e. The molecule has 0 aromatic carbocycles. The summed E-state index contributed by atoms with van der Waals surface area (Å²) in [6.07, 6.45) is 5.50. The lowest BCUT2D eigenvalue weighted by atomic mass is 10.2. The molecule has 0 amide bonds. The zero-order chi connectivity index (χ0) is 11.2. The molecule has 0 spiro atoms. The molecule has 1 N–H and O–H groups in total. The van der Waals surface area contributed by atoms with Crippen LogP contribution in [0, 0.1) is 0 Å². The highest BCUT2D eigenvalue weighted by Gasteiger charge is 2.10. The van der Waals surface area contributed by atoms with E-state index in [-0.39, 0.29) is 0 Å². The van der Waals surface area contributed by atoms with Gasteiger partial charge in [-0.2, -0.15) is 4.57 Å². The van der Waals surface area contributed by atoms with E-state index in [1.807, 2.05) is 53.4 Å². The van der Waals surface area contributed by atoms with Crippen LogP contribution in [0.2, 0.25) is 0 Å². The first-order valence-corrected chi connectivity index (χ1v) is 4.96. The second-order valence-electron chi connectivity index (χ2n) is 3.31. The molecule has 0 atom stereocenters. The number of pyridine rings is 2. The Morgan fingerprint density at radius 2 is 2.00 bits per heavy atom. The van der Waals surface area contributed by atoms with E-state index >= 15 is 0 Å². The van der Waals surface area contributed by atoms with Crippen molar-refractivity contribution in [2.24, 2.45) is 5.16 Å². The van der Waals surface area contributed by atoms with Crippen LogP contribution in [0.1, 0.15) is 5.69 Å². The topological polar surface area (TPSA) is 49.4 Å². The molecular formula is C12H12N3O+. The maximum Gasteiger partial charge on any atom is 0.196 e. The van der Waals surface area contributed by atoms with Crippen LogP contribution in [0.5, 0.6) is 0 Å². The van der Waals surface area contributed by atoms with Gasteiger partial charge in [0.15, 0.2) is 24.7 Å². The number of aromatic nitrogens is 2. The number of rotatable bonds is 3. The highest BCUT2D eigenvalue weighted by Crippen LogP contribution is 1.96. The van der Waals surface area contributed by atoms with E-state index in [0.29, 0.717) is 18.0 Å². The zero-order valence-electron chi connectivity index (χ0n) is 8.69. The van der Waals surface area contributed by atoms with E-state index in [0.717, 1.165) is 0 Å². The first kappa shape index (κ1) is 10.3. The van der Waals surface area contributed by atoms with Gasteiger partial charge in [-0.3, -0.25) is 4.98 Å². The lowest BCUT2D eigenvalue weighted by molar-refractivity contribution is -0.681. The fourth-order valence-electron chi connectivity index (χ4n) is 1.41. The molecule has 0 bridgehead atoms. The lowest BCUT2D eigenvalue weighted by Crippen LogP contribution is -2.37.